The number of anilines is 1. The van der Waals surface area contributed by atoms with Crippen molar-refractivity contribution < 1.29 is 18.9 Å². The topological polar surface area (TPSA) is 49.0 Å². The second-order valence-corrected chi connectivity index (χ2v) is 12.3. The van der Waals surface area contributed by atoms with E-state index in [2.05, 4.69) is 30.9 Å². The first-order chi connectivity index (χ1) is 15.5. The summed E-state index contributed by atoms with van der Waals surface area (Å²) in [4.78, 5) is 0. The smallest absolute Gasteiger partial charge is 0.139 e. The van der Waals surface area contributed by atoms with Crippen molar-refractivity contribution in [1.82, 2.24) is 0 Å². The number of hydrogen-bond donors (Lipinski definition) is 1. The van der Waals surface area contributed by atoms with Crippen LogP contribution in [-0.2, 0) is 0 Å². The van der Waals surface area contributed by atoms with Crippen LogP contribution in [0.25, 0.3) is 0 Å². The molecule has 1 unspecified atom stereocenters. The van der Waals surface area contributed by atoms with Crippen molar-refractivity contribution in [1.29, 1.82) is 0 Å². The summed E-state index contributed by atoms with van der Waals surface area (Å²) in [6.45, 7) is 5.39. The summed E-state index contributed by atoms with van der Waals surface area (Å²) in [7, 11) is 4.25. The average Bonchev–Trinajstić information content (AvgIpc) is 2.86. The molecule has 0 amide bonds. The van der Waals surface area contributed by atoms with Gasteiger partial charge < -0.3 is 24.3 Å². The number of para-hydroxylation sites is 1. The standard InChI is InChI=1S/C26H33NO4Si/c1-19(18-27-20-12-8-7-9-13-20)32(6,25-21(28-2)14-10-15-22(25)29-3)26-23(30-4)16-11-17-24(26)31-5/h7-17,19,27H,18H2,1-6H3. The second kappa shape index (κ2) is 10.5. The fourth-order valence-electron chi connectivity index (χ4n) is 4.37. The van der Waals surface area contributed by atoms with Crippen LogP contribution in [-0.4, -0.2) is 43.1 Å². The highest BCUT2D eigenvalue weighted by atomic mass is 28.3. The zero-order valence-electron chi connectivity index (χ0n) is 19.8. The Morgan fingerprint density at radius 2 is 1.06 bits per heavy atom. The Labute approximate surface area is 192 Å². The molecule has 0 radical (unpaired) electrons. The lowest BCUT2D eigenvalue weighted by Gasteiger charge is -2.38. The van der Waals surface area contributed by atoms with Crippen LogP contribution in [0, 0.1) is 0 Å². The van der Waals surface area contributed by atoms with Crippen LogP contribution in [0.5, 0.6) is 23.0 Å². The summed E-state index contributed by atoms with van der Waals surface area (Å²) in [5.74, 6) is 3.27. The van der Waals surface area contributed by atoms with E-state index in [1.165, 1.54) is 0 Å². The zero-order valence-corrected chi connectivity index (χ0v) is 20.8. The van der Waals surface area contributed by atoms with Gasteiger partial charge in [0.1, 0.15) is 31.1 Å². The molecule has 0 saturated carbocycles. The molecule has 0 aliphatic heterocycles. The maximum Gasteiger partial charge on any atom is 0.139 e. The van der Waals surface area contributed by atoms with Crippen LogP contribution in [0.3, 0.4) is 0 Å². The predicted molar refractivity (Wildman–Crippen MR) is 134 cm³/mol. The van der Waals surface area contributed by atoms with E-state index in [1.807, 2.05) is 54.6 Å². The fourth-order valence-corrected chi connectivity index (χ4v) is 8.91. The number of hydrogen-bond acceptors (Lipinski definition) is 5. The molecule has 6 heteroatoms. The largest absolute Gasteiger partial charge is 0.497 e. The number of methoxy groups -OCH3 is 4. The van der Waals surface area contributed by atoms with Gasteiger partial charge in [0, 0.05) is 22.6 Å². The highest BCUT2D eigenvalue weighted by molar-refractivity contribution is 7.04. The minimum atomic E-state index is -2.58. The zero-order chi connectivity index (χ0) is 23.1. The highest BCUT2D eigenvalue weighted by Crippen LogP contribution is 2.35. The van der Waals surface area contributed by atoms with E-state index in [4.69, 9.17) is 18.9 Å². The molecule has 32 heavy (non-hydrogen) atoms. The minimum absolute atomic E-state index is 0.234. The molecular formula is C26H33NO4Si. The fraction of sp³-hybridized carbons (Fsp3) is 0.308. The van der Waals surface area contributed by atoms with Gasteiger partial charge in [0.2, 0.25) is 0 Å². The van der Waals surface area contributed by atoms with Gasteiger partial charge in [-0.15, -0.1) is 0 Å². The molecule has 3 aromatic carbocycles. The first kappa shape index (κ1) is 23.5. The lowest BCUT2D eigenvalue weighted by molar-refractivity contribution is 0.397. The molecule has 3 rings (SSSR count). The van der Waals surface area contributed by atoms with Gasteiger partial charge in [0.25, 0.3) is 0 Å². The third-order valence-electron chi connectivity index (χ3n) is 6.27. The van der Waals surface area contributed by atoms with Crippen molar-refractivity contribution in [2.24, 2.45) is 0 Å². The van der Waals surface area contributed by atoms with E-state index in [0.717, 1.165) is 45.6 Å². The number of benzene rings is 3. The molecule has 0 saturated heterocycles. The molecule has 1 atom stereocenters. The lowest BCUT2D eigenvalue weighted by Crippen LogP contribution is -2.61. The van der Waals surface area contributed by atoms with Gasteiger partial charge in [0.05, 0.1) is 28.4 Å². The van der Waals surface area contributed by atoms with Crippen molar-refractivity contribution in [3.05, 3.63) is 66.7 Å². The third-order valence-corrected chi connectivity index (χ3v) is 11.5. The maximum atomic E-state index is 5.87. The molecule has 0 aliphatic rings. The van der Waals surface area contributed by atoms with Gasteiger partial charge in [-0.05, 0) is 41.9 Å². The first-order valence-corrected chi connectivity index (χ1v) is 13.3. The highest BCUT2D eigenvalue weighted by Gasteiger charge is 2.46. The Morgan fingerprint density at radius 3 is 1.44 bits per heavy atom. The van der Waals surface area contributed by atoms with E-state index in [9.17, 15) is 0 Å². The van der Waals surface area contributed by atoms with Crippen LogP contribution >= 0.6 is 0 Å². The molecule has 0 bridgehead atoms. The lowest BCUT2D eigenvalue weighted by atomic mass is 10.3. The SMILES string of the molecule is COc1cccc(OC)c1[Si](C)(c1c(OC)cccc1OC)C(C)CNc1ccccc1. The summed E-state index contributed by atoms with van der Waals surface area (Å²) in [6, 6.07) is 22.2. The van der Waals surface area contributed by atoms with Crippen LogP contribution < -0.4 is 34.6 Å². The number of nitrogens with one attached hydrogen (secondary N) is 1. The van der Waals surface area contributed by atoms with Gasteiger partial charge in [0.15, 0.2) is 0 Å². The van der Waals surface area contributed by atoms with E-state index >= 15 is 0 Å². The molecule has 0 heterocycles. The molecule has 0 fully saturated rings. The Hall–Kier alpha value is -3.12. The molecule has 0 aliphatic carbocycles. The van der Waals surface area contributed by atoms with Gasteiger partial charge in [-0.25, -0.2) is 0 Å². The van der Waals surface area contributed by atoms with Crippen molar-refractivity contribution in [3.63, 3.8) is 0 Å². The van der Waals surface area contributed by atoms with Gasteiger partial charge in [-0.2, -0.15) is 0 Å². The molecular weight excluding hydrogens is 418 g/mol. The van der Waals surface area contributed by atoms with E-state index in [-0.39, 0.29) is 5.54 Å². The minimum Gasteiger partial charge on any atom is -0.497 e. The molecule has 5 nitrogen and oxygen atoms in total. The van der Waals surface area contributed by atoms with Crippen molar-refractivity contribution in [2.45, 2.75) is 19.0 Å². The van der Waals surface area contributed by atoms with E-state index < -0.39 is 8.07 Å². The number of rotatable bonds is 10. The van der Waals surface area contributed by atoms with E-state index in [1.54, 1.807) is 28.4 Å². The summed E-state index contributed by atoms with van der Waals surface area (Å²) >= 11 is 0. The molecule has 170 valence electrons. The summed E-state index contributed by atoms with van der Waals surface area (Å²) in [5, 5.41) is 5.80. The summed E-state index contributed by atoms with van der Waals surface area (Å²) in [6.07, 6.45) is 0. The van der Waals surface area contributed by atoms with Crippen molar-refractivity contribution in [2.75, 3.05) is 40.3 Å². The first-order valence-electron chi connectivity index (χ1n) is 10.7. The second-order valence-electron chi connectivity index (χ2n) is 7.93. The Balaban J connectivity index is 2.24. The monoisotopic (exact) mass is 451 g/mol. The maximum absolute atomic E-state index is 5.87. The average molecular weight is 452 g/mol. The van der Waals surface area contributed by atoms with Crippen LogP contribution in [0.15, 0.2) is 66.7 Å². The number of ether oxygens (including phenoxy) is 4. The Bertz CT molecular complexity index is 926. The molecule has 3 aromatic rings. The molecule has 0 aromatic heterocycles. The third kappa shape index (κ3) is 4.41. The van der Waals surface area contributed by atoms with Crippen LogP contribution in [0.2, 0.25) is 12.1 Å². The Kier molecular flexibility index (Phi) is 7.69. The summed E-state index contributed by atoms with van der Waals surface area (Å²) < 4.78 is 23.5. The van der Waals surface area contributed by atoms with Gasteiger partial charge in [-0.3, -0.25) is 0 Å². The molecule has 1 N–H and O–H groups in total. The van der Waals surface area contributed by atoms with Gasteiger partial charge in [-0.1, -0.05) is 43.8 Å². The Morgan fingerprint density at radius 1 is 0.656 bits per heavy atom. The van der Waals surface area contributed by atoms with E-state index in [0.29, 0.717) is 0 Å². The predicted octanol–water partition coefficient (Wildman–Crippen LogP) is 4.42. The summed E-state index contributed by atoms with van der Waals surface area (Å²) in [5.41, 5.74) is 1.33. The molecule has 0 spiro atoms. The van der Waals surface area contributed by atoms with Crippen molar-refractivity contribution >= 4 is 24.1 Å². The van der Waals surface area contributed by atoms with Crippen LogP contribution in [0.4, 0.5) is 5.69 Å². The van der Waals surface area contributed by atoms with Gasteiger partial charge >= 0.3 is 0 Å². The van der Waals surface area contributed by atoms with Crippen molar-refractivity contribution in [3.8, 4) is 23.0 Å². The normalized spacial score (nSPS) is 12.1. The quantitative estimate of drug-likeness (QED) is 0.463. The van der Waals surface area contributed by atoms with Crippen LogP contribution in [0.1, 0.15) is 6.92 Å².